The van der Waals surface area contributed by atoms with Gasteiger partial charge in [-0.05, 0) is 48.9 Å². The number of hydrogen-bond donors (Lipinski definition) is 2. The van der Waals surface area contributed by atoms with E-state index in [2.05, 4.69) is 15.7 Å². The number of fused-ring (bicyclic) bond motifs is 1. The summed E-state index contributed by atoms with van der Waals surface area (Å²) in [4.78, 5) is 37.0. The molecule has 0 bridgehead atoms. The normalized spacial score (nSPS) is 15.0. The predicted octanol–water partition coefficient (Wildman–Crippen LogP) is 3.90. The molecule has 0 spiro atoms. The van der Waals surface area contributed by atoms with Crippen molar-refractivity contribution >= 4 is 40.9 Å². The molecule has 0 saturated heterocycles. The minimum Gasteiger partial charge on any atom is -0.462 e. The van der Waals surface area contributed by atoms with E-state index in [0.717, 1.165) is 5.56 Å². The molecule has 9 heteroatoms. The smallest absolute Gasteiger partial charge is 0.338 e. The lowest BCUT2D eigenvalue weighted by molar-refractivity contribution is -0.125. The predicted molar refractivity (Wildman–Crippen MR) is 116 cm³/mol. The maximum atomic E-state index is 12.9. The first-order valence-electron chi connectivity index (χ1n) is 9.67. The molecule has 0 radical (unpaired) electrons. The number of nitrogens with zero attached hydrogens (tertiary/aromatic N) is 2. The van der Waals surface area contributed by atoms with E-state index >= 15 is 0 Å². The van der Waals surface area contributed by atoms with Crippen LogP contribution in [0.4, 0.5) is 11.5 Å². The molecule has 8 nitrogen and oxygen atoms in total. The Kier molecular flexibility index (Phi) is 5.73. The third kappa shape index (κ3) is 4.29. The Hall–Kier alpha value is -3.65. The molecule has 1 atom stereocenters. The number of ether oxygens (including phenoxy) is 1. The van der Waals surface area contributed by atoms with Gasteiger partial charge in [0.1, 0.15) is 11.9 Å². The van der Waals surface area contributed by atoms with E-state index in [0.29, 0.717) is 27.7 Å². The van der Waals surface area contributed by atoms with Crippen molar-refractivity contribution in [3.05, 3.63) is 65.3 Å². The fourth-order valence-electron chi connectivity index (χ4n) is 3.34. The van der Waals surface area contributed by atoms with E-state index < -0.39 is 12.0 Å². The number of amides is 2. The maximum Gasteiger partial charge on any atom is 0.338 e. The molecule has 0 fully saturated rings. The third-order valence-corrected chi connectivity index (χ3v) is 5.10. The van der Waals surface area contributed by atoms with Crippen molar-refractivity contribution in [1.29, 1.82) is 0 Å². The molecular formula is C22H19ClN4O4. The van der Waals surface area contributed by atoms with Crippen LogP contribution in [0.3, 0.4) is 0 Å². The van der Waals surface area contributed by atoms with E-state index in [4.69, 9.17) is 16.3 Å². The molecule has 0 saturated carbocycles. The first kappa shape index (κ1) is 20.6. The Morgan fingerprint density at radius 3 is 2.58 bits per heavy atom. The number of benzene rings is 2. The topological polar surface area (TPSA) is 102 Å². The van der Waals surface area contributed by atoms with E-state index in [1.54, 1.807) is 49.5 Å². The summed E-state index contributed by atoms with van der Waals surface area (Å²) in [5, 5.41) is 10.5. The molecule has 2 N–H and O–H groups in total. The number of hydrogen-bond acceptors (Lipinski definition) is 5. The number of rotatable bonds is 5. The van der Waals surface area contributed by atoms with Crippen LogP contribution in [-0.4, -0.2) is 34.2 Å². The van der Waals surface area contributed by atoms with Crippen molar-refractivity contribution < 1.29 is 19.1 Å². The largest absolute Gasteiger partial charge is 0.462 e. The Bertz CT molecular complexity index is 1140. The van der Waals surface area contributed by atoms with Gasteiger partial charge in [0, 0.05) is 16.3 Å². The molecule has 1 aromatic heterocycles. The van der Waals surface area contributed by atoms with Crippen molar-refractivity contribution in [3.8, 4) is 11.1 Å². The lowest BCUT2D eigenvalue weighted by atomic mass is 10.1. The average molecular weight is 439 g/mol. The number of esters is 1. The Labute approximate surface area is 183 Å². The summed E-state index contributed by atoms with van der Waals surface area (Å²) in [7, 11) is 0. The van der Waals surface area contributed by atoms with Crippen LogP contribution in [0.1, 0.15) is 29.7 Å². The number of halogens is 1. The maximum absolute atomic E-state index is 12.9. The summed E-state index contributed by atoms with van der Waals surface area (Å²) in [6, 6.07) is 12.7. The summed E-state index contributed by atoms with van der Waals surface area (Å²) < 4.78 is 6.46. The molecule has 2 amide bonds. The van der Waals surface area contributed by atoms with Crippen molar-refractivity contribution in [1.82, 2.24) is 9.78 Å². The molecule has 0 aliphatic carbocycles. The van der Waals surface area contributed by atoms with Crippen molar-refractivity contribution in [2.45, 2.75) is 19.4 Å². The average Bonchev–Trinajstić information content (AvgIpc) is 3.18. The molecular weight excluding hydrogens is 420 g/mol. The minimum absolute atomic E-state index is 0.0402. The zero-order valence-electron chi connectivity index (χ0n) is 16.6. The number of anilines is 2. The SMILES string of the molecule is CCOC(=O)c1ccc(NC(=O)[C@@H]2CC(=O)Nc3c(-c4ccc(Cl)cc4)cnn32)cc1. The lowest BCUT2D eigenvalue weighted by Gasteiger charge is -2.24. The van der Waals surface area contributed by atoms with Crippen molar-refractivity contribution in [2.24, 2.45) is 0 Å². The Morgan fingerprint density at radius 2 is 1.90 bits per heavy atom. The molecule has 1 aliphatic heterocycles. The standard InChI is InChI=1S/C22H19ClN4O4/c1-2-31-22(30)14-5-9-16(10-6-14)25-21(29)18-11-19(28)26-20-17(12-24-27(18)20)13-3-7-15(23)8-4-13/h3-10,12,18H,2,11H2,1H3,(H,25,29)(H,26,28)/t18-/m0/s1. The number of nitrogens with one attached hydrogen (secondary N) is 2. The van der Waals surface area contributed by atoms with Gasteiger partial charge >= 0.3 is 5.97 Å². The highest BCUT2D eigenvalue weighted by molar-refractivity contribution is 6.30. The summed E-state index contributed by atoms with van der Waals surface area (Å²) in [6.45, 7) is 2.01. The molecule has 3 aromatic rings. The van der Waals surface area contributed by atoms with Crippen molar-refractivity contribution in [3.63, 3.8) is 0 Å². The van der Waals surface area contributed by atoms with Crippen LogP contribution < -0.4 is 10.6 Å². The van der Waals surface area contributed by atoms with E-state index in [9.17, 15) is 14.4 Å². The van der Waals surface area contributed by atoms with Crippen LogP contribution >= 0.6 is 11.6 Å². The van der Waals surface area contributed by atoms with Crippen LogP contribution in [-0.2, 0) is 14.3 Å². The molecule has 158 valence electrons. The first-order valence-corrected chi connectivity index (χ1v) is 10.1. The second-order valence-corrected chi connectivity index (χ2v) is 7.35. The third-order valence-electron chi connectivity index (χ3n) is 4.85. The van der Waals surface area contributed by atoms with E-state index in [-0.39, 0.29) is 24.8 Å². The monoisotopic (exact) mass is 438 g/mol. The van der Waals surface area contributed by atoms with Gasteiger partial charge in [-0.15, -0.1) is 0 Å². The Balaban J connectivity index is 1.55. The van der Waals surface area contributed by atoms with Gasteiger partial charge in [0.05, 0.1) is 24.8 Å². The summed E-state index contributed by atoms with van der Waals surface area (Å²) in [6.07, 6.45) is 1.57. The highest BCUT2D eigenvalue weighted by Crippen LogP contribution is 2.34. The molecule has 0 unspecified atom stereocenters. The van der Waals surface area contributed by atoms with E-state index in [1.165, 1.54) is 4.68 Å². The summed E-state index contributed by atoms with van der Waals surface area (Å²) in [5.74, 6) is -0.636. The second kappa shape index (κ2) is 8.61. The number of aromatic nitrogens is 2. The van der Waals surface area contributed by atoms with Gasteiger partial charge in [-0.3, -0.25) is 9.59 Å². The van der Waals surface area contributed by atoms with Crippen LogP contribution in [0.5, 0.6) is 0 Å². The fourth-order valence-corrected chi connectivity index (χ4v) is 3.47. The van der Waals surface area contributed by atoms with Crippen LogP contribution in [0, 0.1) is 0 Å². The van der Waals surface area contributed by atoms with Gasteiger partial charge in [0.25, 0.3) is 0 Å². The highest BCUT2D eigenvalue weighted by Gasteiger charge is 2.33. The molecule has 4 rings (SSSR count). The Morgan fingerprint density at radius 1 is 1.19 bits per heavy atom. The molecule has 2 aromatic carbocycles. The van der Waals surface area contributed by atoms with Crippen molar-refractivity contribution in [2.75, 3.05) is 17.2 Å². The fraction of sp³-hybridized carbons (Fsp3) is 0.182. The van der Waals surface area contributed by atoms with Gasteiger partial charge in [-0.2, -0.15) is 5.10 Å². The zero-order valence-corrected chi connectivity index (χ0v) is 17.3. The second-order valence-electron chi connectivity index (χ2n) is 6.91. The highest BCUT2D eigenvalue weighted by atomic mass is 35.5. The van der Waals surface area contributed by atoms with Gasteiger partial charge in [0.15, 0.2) is 0 Å². The summed E-state index contributed by atoms with van der Waals surface area (Å²) in [5.41, 5.74) is 2.40. The first-order chi connectivity index (χ1) is 15.0. The minimum atomic E-state index is -0.811. The zero-order chi connectivity index (χ0) is 22.0. The quantitative estimate of drug-likeness (QED) is 0.588. The summed E-state index contributed by atoms with van der Waals surface area (Å²) >= 11 is 5.95. The lowest BCUT2D eigenvalue weighted by Crippen LogP contribution is -2.35. The van der Waals surface area contributed by atoms with Crippen LogP contribution in [0.15, 0.2) is 54.7 Å². The molecule has 1 aliphatic rings. The van der Waals surface area contributed by atoms with Gasteiger partial charge in [-0.1, -0.05) is 23.7 Å². The van der Waals surface area contributed by atoms with Gasteiger partial charge < -0.3 is 15.4 Å². The molecule has 2 heterocycles. The molecule has 31 heavy (non-hydrogen) atoms. The number of carbonyl (C=O) groups excluding carboxylic acids is 3. The van der Waals surface area contributed by atoms with Crippen LogP contribution in [0.2, 0.25) is 5.02 Å². The van der Waals surface area contributed by atoms with Gasteiger partial charge in [-0.25, -0.2) is 9.48 Å². The number of carbonyl (C=O) groups is 3. The van der Waals surface area contributed by atoms with E-state index in [1.807, 2.05) is 12.1 Å². The van der Waals surface area contributed by atoms with Gasteiger partial charge in [0.2, 0.25) is 11.8 Å². The van der Waals surface area contributed by atoms with Crippen LogP contribution in [0.25, 0.3) is 11.1 Å².